The molecule has 0 amide bonds. The molecule has 4 nitrogen and oxygen atoms in total. The average molecular weight is 352 g/mol. The molecule has 0 bridgehead atoms. The van der Waals surface area contributed by atoms with E-state index in [9.17, 15) is 4.39 Å². The van der Waals surface area contributed by atoms with Gasteiger partial charge in [-0.2, -0.15) is 0 Å². The summed E-state index contributed by atoms with van der Waals surface area (Å²) < 4.78 is 24.3. The molecule has 0 aliphatic heterocycles. The van der Waals surface area contributed by atoms with Crippen LogP contribution in [0.2, 0.25) is 0 Å². The van der Waals surface area contributed by atoms with Crippen LogP contribution in [0.3, 0.4) is 0 Å². The number of hydrogen-bond acceptors (Lipinski definition) is 5. The Hall–Kier alpha value is -2.99. The number of ether oxygens (including phenoxy) is 2. The Bertz CT molecular complexity index is 1010. The smallest absolute Gasteiger partial charge is 0.231 e. The highest BCUT2D eigenvalue weighted by atomic mass is 32.1. The van der Waals surface area contributed by atoms with Gasteiger partial charge in [0, 0.05) is 10.9 Å². The normalized spacial score (nSPS) is 10.8. The van der Waals surface area contributed by atoms with Gasteiger partial charge in [0.2, 0.25) is 5.88 Å². The van der Waals surface area contributed by atoms with E-state index in [1.54, 1.807) is 19.2 Å². The lowest BCUT2D eigenvalue weighted by Crippen LogP contribution is -1.91. The third kappa shape index (κ3) is 3.04. The van der Waals surface area contributed by atoms with Gasteiger partial charge >= 0.3 is 0 Å². The number of rotatable bonds is 4. The number of aromatic nitrogens is 2. The predicted molar refractivity (Wildman–Crippen MR) is 95.9 cm³/mol. The second-order valence-electron chi connectivity index (χ2n) is 5.29. The summed E-state index contributed by atoms with van der Waals surface area (Å²) in [5.41, 5.74) is 1.81. The third-order valence-electron chi connectivity index (χ3n) is 3.76. The molecule has 2 aromatic heterocycles. The minimum atomic E-state index is -0.269. The van der Waals surface area contributed by atoms with Gasteiger partial charge in [-0.15, -0.1) is 11.3 Å². The maximum atomic E-state index is 13.2. The van der Waals surface area contributed by atoms with Crippen molar-refractivity contribution < 1.29 is 13.9 Å². The maximum absolute atomic E-state index is 13.2. The first-order valence-electron chi connectivity index (χ1n) is 7.54. The number of halogens is 1. The molecular formula is C19H13FN2O2S. The SMILES string of the molecule is COc1ccc(Oc2ncnc3scc(-c4ccc(F)cc4)c23)cc1. The molecule has 25 heavy (non-hydrogen) atoms. The summed E-state index contributed by atoms with van der Waals surface area (Å²) in [4.78, 5) is 9.41. The van der Waals surface area contributed by atoms with Crippen LogP contribution in [-0.4, -0.2) is 17.1 Å². The van der Waals surface area contributed by atoms with E-state index in [1.807, 2.05) is 29.6 Å². The molecule has 0 aliphatic carbocycles. The molecule has 0 atom stereocenters. The van der Waals surface area contributed by atoms with Gasteiger partial charge in [0.05, 0.1) is 12.5 Å². The number of benzene rings is 2. The Balaban J connectivity index is 1.78. The number of fused-ring (bicyclic) bond motifs is 1. The molecule has 6 heteroatoms. The third-order valence-corrected chi connectivity index (χ3v) is 4.65. The fourth-order valence-corrected chi connectivity index (χ4v) is 3.43. The minimum Gasteiger partial charge on any atom is -0.497 e. The van der Waals surface area contributed by atoms with Gasteiger partial charge in [-0.25, -0.2) is 14.4 Å². The van der Waals surface area contributed by atoms with Crippen LogP contribution in [0.15, 0.2) is 60.2 Å². The summed E-state index contributed by atoms with van der Waals surface area (Å²) >= 11 is 1.50. The topological polar surface area (TPSA) is 44.2 Å². The van der Waals surface area contributed by atoms with Crippen molar-refractivity contribution in [3.05, 3.63) is 66.1 Å². The van der Waals surface area contributed by atoms with Gasteiger partial charge in [0.15, 0.2) is 0 Å². The fourth-order valence-electron chi connectivity index (χ4n) is 2.52. The largest absolute Gasteiger partial charge is 0.497 e. The molecule has 2 aromatic carbocycles. The first kappa shape index (κ1) is 15.5. The van der Waals surface area contributed by atoms with Crippen molar-refractivity contribution in [2.45, 2.75) is 0 Å². The highest BCUT2D eigenvalue weighted by Gasteiger charge is 2.15. The summed E-state index contributed by atoms with van der Waals surface area (Å²) in [6.45, 7) is 0. The standard InChI is InChI=1S/C19H13FN2O2S/c1-23-14-6-8-15(9-7-14)24-18-17-16(10-25-19(17)22-11-21-18)12-2-4-13(20)5-3-12/h2-11H,1H3. The van der Waals surface area contributed by atoms with Crippen molar-refractivity contribution in [2.75, 3.05) is 7.11 Å². The molecule has 4 aromatic rings. The van der Waals surface area contributed by atoms with Crippen LogP contribution in [0.25, 0.3) is 21.3 Å². The van der Waals surface area contributed by atoms with Crippen molar-refractivity contribution in [1.29, 1.82) is 0 Å². The van der Waals surface area contributed by atoms with Crippen LogP contribution in [-0.2, 0) is 0 Å². The van der Waals surface area contributed by atoms with E-state index < -0.39 is 0 Å². The number of hydrogen-bond donors (Lipinski definition) is 0. The minimum absolute atomic E-state index is 0.269. The van der Waals surface area contributed by atoms with E-state index in [0.717, 1.165) is 27.1 Å². The van der Waals surface area contributed by atoms with Gasteiger partial charge in [-0.1, -0.05) is 12.1 Å². The van der Waals surface area contributed by atoms with Crippen LogP contribution in [0, 0.1) is 5.82 Å². The zero-order valence-electron chi connectivity index (χ0n) is 13.3. The summed E-state index contributed by atoms with van der Waals surface area (Å²) in [5.74, 6) is 1.60. The lowest BCUT2D eigenvalue weighted by molar-refractivity contribution is 0.412. The van der Waals surface area contributed by atoms with E-state index in [1.165, 1.54) is 29.8 Å². The summed E-state index contributed by atoms with van der Waals surface area (Å²) in [7, 11) is 1.62. The molecular weight excluding hydrogens is 339 g/mol. The zero-order valence-corrected chi connectivity index (χ0v) is 14.1. The highest BCUT2D eigenvalue weighted by Crippen LogP contribution is 2.39. The molecule has 0 unspecified atom stereocenters. The van der Waals surface area contributed by atoms with Gasteiger partial charge in [0.1, 0.15) is 28.5 Å². The molecule has 0 saturated carbocycles. The second-order valence-corrected chi connectivity index (χ2v) is 6.15. The van der Waals surface area contributed by atoms with E-state index in [4.69, 9.17) is 9.47 Å². The summed E-state index contributed by atoms with van der Waals surface area (Å²) in [6, 6.07) is 13.6. The average Bonchev–Trinajstić information content (AvgIpc) is 3.08. The lowest BCUT2D eigenvalue weighted by atomic mass is 10.1. The molecule has 0 N–H and O–H groups in total. The maximum Gasteiger partial charge on any atom is 0.231 e. The Labute approximate surface area is 147 Å². The van der Waals surface area contributed by atoms with Crippen LogP contribution in [0.1, 0.15) is 0 Å². The van der Waals surface area contributed by atoms with Crippen LogP contribution < -0.4 is 9.47 Å². The lowest BCUT2D eigenvalue weighted by Gasteiger charge is -2.08. The van der Waals surface area contributed by atoms with Crippen LogP contribution in [0.4, 0.5) is 4.39 Å². The number of methoxy groups -OCH3 is 1. The zero-order chi connectivity index (χ0) is 17.2. The van der Waals surface area contributed by atoms with E-state index in [2.05, 4.69) is 9.97 Å². The molecule has 4 rings (SSSR count). The Morgan fingerprint density at radius 3 is 2.36 bits per heavy atom. The van der Waals surface area contributed by atoms with Crippen molar-refractivity contribution >= 4 is 21.6 Å². The monoisotopic (exact) mass is 352 g/mol. The molecule has 0 saturated heterocycles. The summed E-state index contributed by atoms with van der Waals surface area (Å²) in [5, 5.41) is 2.79. The second kappa shape index (κ2) is 6.49. The first-order chi connectivity index (χ1) is 12.2. The Kier molecular flexibility index (Phi) is 4.03. The van der Waals surface area contributed by atoms with Gasteiger partial charge in [-0.3, -0.25) is 0 Å². The van der Waals surface area contributed by atoms with Gasteiger partial charge in [0.25, 0.3) is 0 Å². The van der Waals surface area contributed by atoms with Gasteiger partial charge < -0.3 is 9.47 Å². The molecule has 124 valence electrons. The molecule has 2 heterocycles. The van der Waals surface area contributed by atoms with Crippen molar-refractivity contribution in [3.8, 4) is 28.5 Å². The van der Waals surface area contributed by atoms with Crippen LogP contribution in [0.5, 0.6) is 17.4 Å². The predicted octanol–water partition coefficient (Wildman–Crippen LogP) is 5.30. The Morgan fingerprint density at radius 2 is 1.64 bits per heavy atom. The highest BCUT2D eigenvalue weighted by molar-refractivity contribution is 7.17. The summed E-state index contributed by atoms with van der Waals surface area (Å²) in [6.07, 6.45) is 1.48. The van der Waals surface area contributed by atoms with Crippen LogP contribution >= 0.6 is 11.3 Å². The first-order valence-corrected chi connectivity index (χ1v) is 8.42. The molecule has 0 radical (unpaired) electrons. The van der Waals surface area contributed by atoms with E-state index in [0.29, 0.717) is 11.6 Å². The van der Waals surface area contributed by atoms with Crippen molar-refractivity contribution in [1.82, 2.24) is 9.97 Å². The Morgan fingerprint density at radius 1 is 0.920 bits per heavy atom. The van der Waals surface area contributed by atoms with Crippen molar-refractivity contribution in [2.24, 2.45) is 0 Å². The van der Waals surface area contributed by atoms with Gasteiger partial charge in [-0.05, 0) is 42.0 Å². The quantitative estimate of drug-likeness (QED) is 0.500. The molecule has 0 aliphatic rings. The van der Waals surface area contributed by atoms with E-state index >= 15 is 0 Å². The fraction of sp³-hybridized carbons (Fsp3) is 0.0526. The molecule has 0 spiro atoms. The van der Waals surface area contributed by atoms with Crippen molar-refractivity contribution in [3.63, 3.8) is 0 Å². The number of nitrogens with zero attached hydrogens (tertiary/aromatic N) is 2. The van der Waals surface area contributed by atoms with E-state index in [-0.39, 0.29) is 5.82 Å². The number of thiophene rings is 1. The molecule has 0 fully saturated rings.